The van der Waals surface area contributed by atoms with E-state index in [4.69, 9.17) is 0 Å². The third-order valence-corrected chi connectivity index (χ3v) is 7.96. The Bertz CT molecular complexity index is 1400. The first-order valence-corrected chi connectivity index (χ1v) is 15.7. The third kappa shape index (κ3) is 10.6. The highest BCUT2D eigenvalue weighted by atomic mass is 33.1. The number of nitrogens with zero attached hydrogens (tertiary/aromatic N) is 1. The van der Waals surface area contributed by atoms with Crippen LogP contribution < -0.4 is 4.90 Å². The monoisotopic (exact) mass is 565 g/mol. The van der Waals surface area contributed by atoms with Crippen LogP contribution >= 0.6 is 21.2 Å². The first-order valence-electron chi connectivity index (χ1n) is 13.2. The third-order valence-electron chi connectivity index (χ3n) is 6.40. The van der Waals surface area contributed by atoms with E-state index >= 15 is 0 Å². The van der Waals surface area contributed by atoms with Crippen LogP contribution in [0.2, 0.25) is 0 Å². The Labute approximate surface area is 250 Å². The molecule has 0 amide bonds. The highest BCUT2D eigenvalue weighted by Crippen LogP contribution is 2.28. The second-order valence-electron chi connectivity index (χ2n) is 9.80. The molecule has 1 aliphatic rings. The van der Waals surface area contributed by atoms with Crippen molar-refractivity contribution in [1.29, 1.82) is 0 Å². The molecule has 1 heterocycles. The van der Waals surface area contributed by atoms with E-state index in [0.717, 1.165) is 22.4 Å². The molecule has 40 heavy (non-hydrogen) atoms. The van der Waals surface area contributed by atoms with E-state index in [-0.39, 0.29) is 9.52 Å². The molecule has 3 aromatic rings. The first kappa shape index (κ1) is 32.7. The summed E-state index contributed by atoms with van der Waals surface area (Å²) in [5.74, 6) is 0. The highest BCUT2D eigenvalue weighted by Gasteiger charge is 2.06. The van der Waals surface area contributed by atoms with Gasteiger partial charge in [-0.05, 0) is 97.5 Å². The van der Waals surface area contributed by atoms with Crippen LogP contribution in [0.1, 0.15) is 43.0 Å². The molecule has 1 atom stereocenters. The van der Waals surface area contributed by atoms with Crippen LogP contribution in [-0.2, 0) is 0 Å². The Morgan fingerprint density at radius 3 is 1.80 bits per heavy atom. The van der Waals surface area contributed by atoms with Crippen molar-refractivity contribution in [2.45, 2.75) is 34.6 Å². The van der Waals surface area contributed by atoms with Crippen molar-refractivity contribution in [1.82, 2.24) is 0 Å². The Morgan fingerprint density at radius 2 is 1.38 bits per heavy atom. The molecule has 0 spiro atoms. The summed E-state index contributed by atoms with van der Waals surface area (Å²) >= 11 is 4.39. The molecule has 1 aliphatic heterocycles. The fourth-order valence-corrected chi connectivity index (χ4v) is 4.85. The van der Waals surface area contributed by atoms with Crippen molar-refractivity contribution < 1.29 is 0 Å². The van der Waals surface area contributed by atoms with Gasteiger partial charge >= 0.3 is 0 Å². The minimum absolute atomic E-state index is 0.00200. The molecule has 1 nitrogen and oxygen atoms in total. The Balaban J connectivity index is 0.000000222. The van der Waals surface area contributed by atoms with E-state index in [0.29, 0.717) is 0 Å². The zero-order valence-corrected chi connectivity index (χ0v) is 26.5. The molecule has 0 aliphatic carbocycles. The molecule has 0 radical (unpaired) electrons. The van der Waals surface area contributed by atoms with Gasteiger partial charge in [0.15, 0.2) is 0 Å². The van der Waals surface area contributed by atoms with Gasteiger partial charge in [-0.3, -0.25) is 0 Å². The molecule has 0 fully saturated rings. The van der Waals surface area contributed by atoms with Gasteiger partial charge in [-0.25, -0.2) is 0 Å². The number of hydrogen-bond acceptors (Lipinski definition) is 2. The fraction of sp³-hybridized carbons (Fsp3) is 0.162. The van der Waals surface area contributed by atoms with Crippen molar-refractivity contribution in [2.75, 3.05) is 11.9 Å². The molecule has 208 valence electrons. The zero-order chi connectivity index (χ0) is 29.7. The lowest BCUT2D eigenvalue weighted by Crippen LogP contribution is -2.16. The number of hydrogen-bond donors (Lipinski definition) is 1. The predicted molar refractivity (Wildman–Crippen MR) is 189 cm³/mol. The number of benzene rings is 3. The topological polar surface area (TPSA) is 3.24 Å². The smallest absolute Gasteiger partial charge is 0.0405 e. The molecule has 3 heteroatoms. The van der Waals surface area contributed by atoms with Gasteiger partial charge in [0.2, 0.25) is 0 Å². The minimum Gasteiger partial charge on any atom is -0.348 e. The maximum atomic E-state index is 4.39. The van der Waals surface area contributed by atoms with Gasteiger partial charge < -0.3 is 4.90 Å². The summed E-state index contributed by atoms with van der Waals surface area (Å²) in [6, 6.07) is 27.2. The summed E-state index contributed by atoms with van der Waals surface area (Å²) in [5.41, 5.74) is 11.9. The van der Waals surface area contributed by atoms with Crippen LogP contribution in [-0.4, -0.2) is 12.4 Å². The second-order valence-corrected chi connectivity index (χ2v) is 12.3. The fourth-order valence-electron chi connectivity index (χ4n) is 3.82. The van der Waals surface area contributed by atoms with Crippen LogP contribution in [0.3, 0.4) is 0 Å². The van der Waals surface area contributed by atoms with E-state index in [1.54, 1.807) is 0 Å². The van der Waals surface area contributed by atoms with Crippen LogP contribution in [0.5, 0.6) is 0 Å². The van der Waals surface area contributed by atoms with Gasteiger partial charge in [0.1, 0.15) is 0 Å². The predicted octanol–water partition coefficient (Wildman–Crippen LogP) is 11.0. The average molecular weight is 566 g/mol. The molecule has 0 saturated carbocycles. The molecule has 4 rings (SSSR count). The summed E-state index contributed by atoms with van der Waals surface area (Å²) < 4.78 is 0. The molecular formula is C37H43NS2. The molecule has 1 unspecified atom stereocenters. The Hall–Kier alpha value is -3.53. The molecule has 0 aromatic heterocycles. The van der Waals surface area contributed by atoms with Crippen molar-refractivity contribution in [3.8, 4) is 0 Å². The lowest BCUT2D eigenvalue weighted by atomic mass is 10.0. The van der Waals surface area contributed by atoms with E-state index in [1.165, 1.54) is 33.5 Å². The largest absolute Gasteiger partial charge is 0.348 e. The lowest BCUT2D eigenvalue weighted by Gasteiger charge is -2.22. The normalized spacial score (nSPS) is 14.1. The number of allylic oxidation sites excluding steroid dienone is 8. The number of rotatable bonds is 6. The molecule has 0 bridgehead atoms. The van der Waals surface area contributed by atoms with Crippen LogP contribution in [0, 0.1) is 13.8 Å². The van der Waals surface area contributed by atoms with Gasteiger partial charge in [-0.1, -0.05) is 109 Å². The first-order chi connectivity index (χ1) is 19.0. The number of anilines is 1. The summed E-state index contributed by atoms with van der Waals surface area (Å²) in [5, 5.41) is 4.23. The number of aryl methyl sites for hydroxylation is 2. The number of thiol groups is 1. The van der Waals surface area contributed by atoms with Crippen molar-refractivity contribution >= 4 is 43.4 Å². The zero-order valence-electron chi connectivity index (χ0n) is 24.8. The second kappa shape index (κ2) is 16.5. The van der Waals surface area contributed by atoms with Crippen molar-refractivity contribution in [3.05, 3.63) is 161 Å². The van der Waals surface area contributed by atoms with Gasteiger partial charge in [0.05, 0.1) is 0 Å². The highest BCUT2D eigenvalue weighted by molar-refractivity contribution is 8.77. The SMILES string of the molecule is C=C(C)c1ccc(C2=CC=S(S)C=C2)cc1.C=C/C(C(=C)C)=C(/C)N(C)c1ccccc1.Cc1ccc(C)cc1. The Kier molecular flexibility index (Phi) is 13.5. The van der Waals surface area contributed by atoms with Gasteiger partial charge in [-0.2, -0.15) is 0 Å². The summed E-state index contributed by atoms with van der Waals surface area (Å²) in [6.45, 7) is 22.0. The van der Waals surface area contributed by atoms with Gasteiger partial charge in [-0.15, -0.1) is 21.2 Å². The number of para-hydroxylation sites is 1. The lowest BCUT2D eigenvalue weighted by molar-refractivity contribution is 1.07. The van der Waals surface area contributed by atoms with Crippen molar-refractivity contribution in [2.24, 2.45) is 0 Å². The minimum atomic E-state index is 0.00200. The van der Waals surface area contributed by atoms with E-state index in [9.17, 15) is 0 Å². The summed E-state index contributed by atoms with van der Waals surface area (Å²) in [6.07, 6.45) is 6.12. The maximum absolute atomic E-state index is 4.39. The maximum Gasteiger partial charge on any atom is 0.0405 e. The molecule has 0 saturated heterocycles. The van der Waals surface area contributed by atoms with E-state index < -0.39 is 0 Å². The summed E-state index contributed by atoms with van der Waals surface area (Å²) in [7, 11) is 2.05. The standard InChI is InChI=1S/C15H19N.C14H14S2.C8H10/c1-6-15(12(2)3)13(4)16(5)14-10-8-7-9-11-14;1-11(2)12-3-5-13(6-4-12)14-7-9-16(15)10-8-14;1-7-3-5-8(2)6-4-7/h6-11H,1-2H2,3-5H3;3-10,15H,1H2,2H3;3-6H,1-2H3/b15-13+;;. The summed E-state index contributed by atoms with van der Waals surface area (Å²) in [4.78, 5) is 2.14. The van der Waals surface area contributed by atoms with E-state index in [1.807, 2.05) is 38.1 Å². The quantitative estimate of drug-likeness (QED) is 0.135. The van der Waals surface area contributed by atoms with E-state index in [2.05, 4.69) is 148 Å². The van der Waals surface area contributed by atoms with Gasteiger partial charge in [0, 0.05) is 18.4 Å². The van der Waals surface area contributed by atoms with Crippen LogP contribution in [0.4, 0.5) is 5.69 Å². The molecule has 0 N–H and O–H groups in total. The van der Waals surface area contributed by atoms with Crippen molar-refractivity contribution in [3.63, 3.8) is 0 Å². The average Bonchev–Trinajstić information content (AvgIpc) is 2.96. The molecular weight excluding hydrogens is 523 g/mol. The van der Waals surface area contributed by atoms with Crippen LogP contribution in [0.25, 0.3) is 11.1 Å². The van der Waals surface area contributed by atoms with Crippen LogP contribution in [0.15, 0.2) is 139 Å². The molecule has 3 aromatic carbocycles. The van der Waals surface area contributed by atoms with Gasteiger partial charge in [0.25, 0.3) is 0 Å². The Morgan fingerprint density at radius 1 is 0.825 bits per heavy atom.